The molecule has 6 heteroatoms. The van der Waals surface area contributed by atoms with Crippen LogP contribution in [-0.2, 0) is 16.6 Å². The number of quaternary nitrogens is 1. The van der Waals surface area contributed by atoms with E-state index < -0.39 is 6.10 Å². The second kappa shape index (κ2) is 6.76. The highest BCUT2D eigenvalue weighted by molar-refractivity contribution is 5.89. The third kappa shape index (κ3) is 2.49. The van der Waals surface area contributed by atoms with Gasteiger partial charge < -0.3 is 43.0 Å². The number of hydrogen-bond donors (Lipinski definition) is 1. The van der Waals surface area contributed by atoms with Gasteiger partial charge in [0.15, 0.2) is 23.4 Å². The van der Waals surface area contributed by atoms with Crippen LogP contribution in [0.15, 0.2) is 6.07 Å². The van der Waals surface area contributed by atoms with Gasteiger partial charge in [-0.1, -0.05) is 13.3 Å². The van der Waals surface area contributed by atoms with Crippen molar-refractivity contribution in [1.29, 1.82) is 0 Å². The van der Waals surface area contributed by atoms with Gasteiger partial charge in [0.25, 0.3) is 0 Å². The van der Waals surface area contributed by atoms with Crippen LogP contribution >= 0.6 is 0 Å². The molecule has 4 atom stereocenters. The molecule has 1 aromatic rings. The molecule has 28 heavy (non-hydrogen) atoms. The van der Waals surface area contributed by atoms with Crippen LogP contribution in [-0.4, -0.2) is 54.8 Å². The second-order valence-electron chi connectivity index (χ2n) is 9.45. The maximum absolute atomic E-state index is 12.8. The Kier molecular flexibility index (Phi) is 4.89. The smallest absolute Gasteiger partial charge is 0.174 e. The molecule has 2 aliphatic heterocycles. The molecule has 0 radical (unpaired) electrons. The molecule has 5 nitrogen and oxygen atoms in total. The monoisotopic (exact) mass is 499 g/mol. The van der Waals surface area contributed by atoms with E-state index >= 15 is 0 Å². The lowest BCUT2D eigenvalue weighted by Crippen LogP contribution is -3.00. The Balaban J connectivity index is 0.00000192. The van der Waals surface area contributed by atoms with Gasteiger partial charge in [0.2, 0.25) is 0 Å². The summed E-state index contributed by atoms with van der Waals surface area (Å²) in [6.45, 7) is 3.84. The van der Waals surface area contributed by atoms with Crippen molar-refractivity contribution in [2.24, 2.45) is 5.92 Å². The van der Waals surface area contributed by atoms with Crippen LogP contribution < -0.4 is 33.5 Å². The Morgan fingerprint density at radius 2 is 2.18 bits per heavy atom. The number of halogens is 1. The number of ketones is 1. The van der Waals surface area contributed by atoms with Gasteiger partial charge in [-0.15, -0.1) is 0 Å². The summed E-state index contributed by atoms with van der Waals surface area (Å²) in [4.78, 5) is 12.8. The maximum atomic E-state index is 12.8. The van der Waals surface area contributed by atoms with Crippen LogP contribution in [0, 0.1) is 5.92 Å². The molecule has 2 fully saturated rings. The zero-order chi connectivity index (χ0) is 19.0. The number of nitrogens with zero attached hydrogens (tertiary/aromatic N) is 1. The first-order chi connectivity index (χ1) is 12.9. The van der Waals surface area contributed by atoms with Crippen LogP contribution in [0.1, 0.15) is 50.2 Å². The van der Waals surface area contributed by atoms with Crippen molar-refractivity contribution in [3.05, 3.63) is 17.2 Å². The lowest BCUT2D eigenvalue weighted by atomic mass is 9.51. The molecular weight excluding hydrogens is 469 g/mol. The van der Waals surface area contributed by atoms with Crippen LogP contribution in [0.5, 0.6) is 17.2 Å². The van der Waals surface area contributed by atoms with Crippen LogP contribution in [0.4, 0.5) is 0 Å². The minimum absolute atomic E-state index is 0. The van der Waals surface area contributed by atoms with Gasteiger partial charge >= 0.3 is 0 Å². The quantitative estimate of drug-likeness (QED) is 0.359. The predicted octanol–water partition coefficient (Wildman–Crippen LogP) is -0.0422. The number of piperidine rings is 1. The number of hydrogen-bond acceptors (Lipinski definition) is 4. The highest BCUT2D eigenvalue weighted by Crippen LogP contribution is 2.65. The van der Waals surface area contributed by atoms with Crippen LogP contribution in [0.3, 0.4) is 0 Å². The van der Waals surface area contributed by atoms with E-state index in [0.29, 0.717) is 30.7 Å². The summed E-state index contributed by atoms with van der Waals surface area (Å²) in [6.07, 6.45) is 5.05. The number of rotatable bonds is 4. The van der Waals surface area contributed by atoms with Gasteiger partial charge in [-0.05, 0) is 12.8 Å². The van der Waals surface area contributed by atoms with Crippen molar-refractivity contribution < 1.29 is 47.8 Å². The molecule has 0 aromatic heterocycles. The summed E-state index contributed by atoms with van der Waals surface area (Å²) in [6, 6.07) is 2.19. The first-order valence-electron chi connectivity index (χ1n) is 10.4. The molecule has 2 bridgehead atoms. The molecule has 1 N–H and O–H groups in total. The van der Waals surface area contributed by atoms with E-state index in [9.17, 15) is 9.90 Å². The van der Waals surface area contributed by atoms with Crippen molar-refractivity contribution in [2.45, 2.75) is 63.0 Å². The molecule has 4 aliphatic rings. The fourth-order valence-electron chi connectivity index (χ4n) is 6.41. The number of likely N-dealkylation sites (N-methyl/N-ethyl adjacent to an activating group) is 1. The lowest BCUT2D eigenvalue weighted by molar-refractivity contribution is -0.927. The number of benzene rings is 1. The minimum atomic E-state index is -0.426. The van der Waals surface area contributed by atoms with E-state index in [1.54, 1.807) is 6.07 Å². The Bertz CT molecular complexity index is 823. The molecule has 1 spiro atoms. The van der Waals surface area contributed by atoms with E-state index in [-0.39, 0.29) is 40.9 Å². The van der Waals surface area contributed by atoms with Crippen molar-refractivity contribution in [2.75, 3.05) is 27.2 Å². The number of Topliss-reactive ketones (excluding diaryl/α,β-unsaturated/α-hetero) is 1. The molecular formula is C22H30INO4. The van der Waals surface area contributed by atoms with Gasteiger partial charge in [-0.3, -0.25) is 4.79 Å². The first kappa shape index (κ1) is 20.3. The number of carbonyl (C=O) groups excluding carboxylic acids is 1. The lowest BCUT2D eigenvalue weighted by Gasteiger charge is -2.59. The fourth-order valence-corrected chi connectivity index (χ4v) is 6.41. The summed E-state index contributed by atoms with van der Waals surface area (Å²) < 4.78 is 13.3. The van der Waals surface area contributed by atoms with Gasteiger partial charge in [0.05, 0.1) is 38.7 Å². The molecule has 0 unspecified atom stereocenters. The number of aromatic hydroxyl groups is 1. The van der Waals surface area contributed by atoms with Crippen molar-refractivity contribution in [3.8, 4) is 17.2 Å². The zero-order valence-electron chi connectivity index (χ0n) is 17.0. The molecule has 154 valence electrons. The van der Waals surface area contributed by atoms with Crippen molar-refractivity contribution >= 4 is 5.78 Å². The number of phenolic OH excluding ortho intramolecular Hbond substituents is 1. The fraction of sp³-hybridized carbons (Fsp3) is 0.682. The predicted molar refractivity (Wildman–Crippen MR) is 101 cm³/mol. The Hall–Kier alpha value is -1.02. The Labute approximate surface area is 184 Å². The second-order valence-corrected chi connectivity index (χ2v) is 9.45. The van der Waals surface area contributed by atoms with Gasteiger partial charge in [0.1, 0.15) is 5.75 Å². The third-order valence-electron chi connectivity index (χ3n) is 7.78. The Morgan fingerprint density at radius 3 is 2.93 bits per heavy atom. The summed E-state index contributed by atoms with van der Waals surface area (Å²) in [5.74, 6) is 2.13. The highest BCUT2D eigenvalue weighted by Gasteiger charge is 2.69. The topological polar surface area (TPSA) is 55.8 Å². The highest BCUT2D eigenvalue weighted by atomic mass is 127. The van der Waals surface area contributed by atoms with E-state index in [1.807, 2.05) is 0 Å². The van der Waals surface area contributed by atoms with E-state index in [2.05, 4.69) is 21.0 Å². The number of unbranched alkanes of at least 4 members (excludes halogenated alkanes) is 1. The average Bonchev–Trinajstić information content (AvgIpc) is 2.98. The largest absolute Gasteiger partial charge is 1.00 e. The normalized spacial score (nSPS) is 33.5. The summed E-state index contributed by atoms with van der Waals surface area (Å²) >= 11 is 0. The number of ether oxygens (including phenoxy) is 2. The molecule has 0 amide bonds. The number of phenols is 1. The zero-order valence-corrected chi connectivity index (χ0v) is 19.1. The molecule has 1 saturated carbocycles. The third-order valence-corrected chi connectivity index (χ3v) is 7.78. The summed E-state index contributed by atoms with van der Waals surface area (Å²) in [7, 11) is 4.64. The van der Waals surface area contributed by atoms with E-state index in [4.69, 9.17) is 9.47 Å². The summed E-state index contributed by atoms with van der Waals surface area (Å²) in [5.41, 5.74) is 2.02. The first-order valence-corrected chi connectivity index (χ1v) is 10.4. The SMILES string of the molecule is CCCCOc1cc(O)c2c3c1C[C@@H]1[C@@H]4CCC(=O)[C@H](O2)[C@]34CC[N+]1(C)C.[I-]. The summed E-state index contributed by atoms with van der Waals surface area (Å²) in [5, 5.41) is 10.7. The average molecular weight is 499 g/mol. The Morgan fingerprint density at radius 1 is 1.39 bits per heavy atom. The van der Waals surface area contributed by atoms with Gasteiger partial charge in [0, 0.05) is 42.4 Å². The van der Waals surface area contributed by atoms with Gasteiger partial charge in [-0.25, -0.2) is 0 Å². The molecule has 1 saturated heterocycles. The number of carbonyl (C=O) groups is 1. The van der Waals surface area contributed by atoms with Crippen molar-refractivity contribution in [3.63, 3.8) is 0 Å². The minimum Gasteiger partial charge on any atom is -1.00 e. The molecule has 2 heterocycles. The molecule has 2 aliphatic carbocycles. The van der Waals surface area contributed by atoms with Crippen molar-refractivity contribution in [1.82, 2.24) is 0 Å². The standard InChI is InChI=1S/C22H29NO4.HI/c1-4-5-10-26-18-12-17(25)20-19-13(18)11-15-14-6-7-16(24)21(27-20)22(14,19)8-9-23(15,2)3;/h12,14-15,21H,4-11H2,1-3H3;1H/t14-,15+,21-,22-;/m0./s1. The number of likely N-dealkylation sites (tertiary alicyclic amines) is 1. The van der Waals surface area contributed by atoms with Crippen LogP contribution in [0.25, 0.3) is 0 Å². The van der Waals surface area contributed by atoms with E-state index in [0.717, 1.165) is 54.4 Å². The molecule has 1 aromatic carbocycles. The maximum Gasteiger partial charge on any atom is 0.174 e. The van der Waals surface area contributed by atoms with Crippen LogP contribution in [0.2, 0.25) is 0 Å². The molecule has 5 rings (SSSR count). The van der Waals surface area contributed by atoms with E-state index in [1.165, 1.54) is 5.56 Å². The van der Waals surface area contributed by atoms with Gasteiger partial charge in [-0.2, -0.15) is 0 Å².